The molecule has 1 nitrogen and oxygen atoms in total. The average molecular weight is 205 g/mol. The molecular weight excluding hydrogens is 183 g/mol. The van der Waals surface area contributed by atoms with Crippen LogP contribution in [-0.2, 0) is 4.65 Å². The minimum atomic E-state index is 0.459. The van der Waals surface area contributed by atoms with E-state index >= 15 is 0 Å². The molecule has 0 saturated heterocycles. The second kappa shape index (κ2) is 4.91. The number of rotatable bonds is 3. The van der Waals surface area contributed by atoms with Gasteiger partial charge < -0.3 is 4.65 Å². The summed E-state index contributed by atoms with van der Waals surface area (Å²) in [7, 11) is 1.83. The Labute approximate surface area is 94.9 Å². The summed E-state index contributed by atoms with van der Waals surface area (Å²) in [6.07, 6.45) is 0. The molecule has 1 radical (unpaired) electrons. The van der Waals surface area contributed by atoms with Gasteiger partial charge in [0, 0.05) is 5.92 Å². The Hall–Kier alpha value is -0.655. The van der Waals surface area contributed by atoms with Gasteiger partial charge in [0.05, 0.1) is 5.76 Å². The fraction of sp³-hybridized carbons (Fsp3) is 0.692. The van der Waals surface area contributed by atoms with Crippen molar-refractivity contribution in [2.75, 3.05) is 0 Å². The van der Waals surface area contributed by atoms with Crippen molar-refractivity contribution in [2.45, 2.75) is 41.5 Å². The van der Waals surface area contributed by atoms with E-state index in [9.17, 15) is 0 Å². The van der Waals surface area contributed by atoms with E-state index in [0.717, 1.165) is 5.76 Å². The summed E-state index contributed by atoms with van der Waals surface area (Å²) in [5.74, 6) is 4.82. The fourth-order valence-corrected chi connectivity index (χ4v) is 2.04. The Bertz CT molecular complexity index is 285. The van der Waals surface area contributed by atoms with Gasteiger partial charge in [-0.25, -0.2) is 0 Å². The molecule has 1 aliphatic rings. The highest BCUT2D eigenvalue weighted by Gasteiger charge is 2.24. The van der Waals surface area contributed by atoms with Crippen LogP contribution in [0.5, 0.6) is 0 Å². The Morgan fingerprint density at radius 1 is 0.933 bits per heavy atom. The van der Waals surface area contributed by atoms with Crippen LogP contribution >= 0.6 is 0 Å². The molecule has 1 rings (SSSR count). The molecule has 0 bridgehead atoms. The largest absolute Gasteiger partial charge is 0.561 e. The standard InChI is InChI=1S/C13H22BO/c1-8(2)11-7-14-15-13(10(5)6)12(11)9(3)4/h7-10H,1-6H3. The van der Waals surface area contributed by atoms with Gasteiger partial charge in [0.1, 0.15) is 0 Å². The molecule has 0 saturated carbocycles. The molecule has 0 aliphatic carbocycles. The molecule has 15 heavy (non-hydrogen) atoms. The first kappa shape index (κ1) is 12.4. The summed E-state index contributed by atoms with van der Waals surface area (Å²) in [6, 6.07) is 0. The van der Waals surface area contributed by atoms with Gasteiger partial charge in [-0.05, 0) is 23.0 Å². The zero-order chi connectivity index (χ0) is 11.6. The second-order valence-corrected chi connectivity index (χ2v) is 5.12. The van der Waals surface area contributed by atoms with Gasteiger partial charge in [-0.2, -0.15) is 0 Å². The van der Waals surface area contributed by atoms with E-state index in [2.05, 4.69) is 47.5 Å². The van der Waals surface area contributed by atoms with Gasteiger partial charge in [-0.15, -0.1) is 0 Å². The highest BCUT2D eigenvalue weighted by Crippen LogP contribution is 2.34. The van der Waals surface area contributed by atoms with Crippen LogP contribution in [0.1, 0.15) is 41.5 Å². The predicted molar refractivity (Wildman–Crippen MR) is 66.5 cm³/mol. The van der Waals surface area contributed by atoms with E-state index in [-0.39, 0.29) is 0 Å². The molecule has 0 aromatic rings. The topological polar surface area (TPSA) is 9.23 Å². The normalized spacial score (nSPS) is 17.0. The lowest BCUT2D eigenvalue weighted by Crippen LogP contribution is -2.19. The summed E-state index contributed by atoms with van der Waals surface area (Å²) < 4.78 is 5.67. The van der Waals surface area contributed by atoms with Crippen molar-refractivity contribution >= 4 is 7.48 Å². The second-order valence-electron chi connectivity index (χ2n) is 5.12. The Morgan fingerprint density at radius 2 is 1.53 bits per heavy atom. The van der Waals surface area contributed by atoms with E-state index < -0.39 is 0 Å². The Morgan fingerprint density at radius 3 is 1.93 bits per heavy atom. The lowest BCUT2D eigenvalue weighted by atomic mass is 9.77. The van der Waals surface area contributed by atoms with Crippen LogP contribution in [0.15, 0.2) is 22.9 Å². The number of allylic oxidation sites excluding steroid dienone is 3. The number of hydrogen-bond acceptors (Lipinski definition) is 1. The summed E-state index contributed by atoms with van der Waals surface area (Å²) in [6.45, 7) is 13.3. The lowest BCUT2D eigenvalue weighted by molar-refractivity contribution is 0.371. The van der Waals surface area contributed by atoms with Crippen molar-refractivity contribution in [1.29, 1.82) is 0 Å². The molecule has 1 heterocycles. The molecule has 0 amide bonds. The van der Waals surface area contributed by atoms with Crippen LogP contribution in [0.3, 0.4) is 0 Å². The minimum Gasteiger partial charge on any atom is -0.561 e. The van der Waals surface area contributed by atoms with Crippen LogP contribution in [0.25, 0.3) is 0 Å². The smallest absolute Gasteiger partial charge is 0.400 e. The predicted octanol–water partition coefficient (Wildman–Crippen LogP) is 3.74. The quantitative estimate of drug-likeness (QED) is 0.637. The van der Waals surface area contributed by atoms with Gasteiger partial charge in [-0.3, -0.25) is 0 Å². The molecule has 0 aromatic heterocycles. The first-order chi connectivity index (χ1) is 6.95. The lowest BCUT2D eigenvalue weighted by Gasteiger charge is -2.29. The zero-order valence-electron chi connectivity index (χ0n) is 10.8. The first-order valence-corrected chi connectivity index (χ1v) is 5.89. The van der Waals surface area contributed by atoms with Crippen LogP contribution < -0.4 is 0 Å². The summed E-state index contributed by atoms with van der Waals surface area (Å²) >= 11 is 0. The zero-order valence-corrected chi connectivity index (χ0v) is 10.8. The van der Waals surface area contributed by atoms with Crippen LogP contribution in [0.4, 0.5) is 0 Å². The SMILES string of the molecule is CC(C)C1=C[B]OC(C(C)C)=C1C(C)C. The molecule has 0 spiro atoms. The van der Waals surface area contributed by atoms with Crippen molar-refractivity contribution < 1.29 is 4.65 Å². The number of hydrogen-bond donors (Lipinski definition) is 0. The molecular formula is C13H22BO. The van der Waals surface area contributed by atoms with Crippen LogP contribution in [-0.4, -0.2) is 7.48 Å². The van der Waals surface area contributed by atoms with Gasteiger partial charge in [-0.1, -0.05) is 47.5 Å². The maximum Gasteiger partial charge on any atom is 0.400 e. The fourth-order valence-electron chi connectivity index (χ4n) is 2.04. The molecule has 0 unspecified atom stereocenters. The van der Waals surface area contributed by atoms with E-state index in [4.69, 9.17) is 4.65 Å². The highest BCUT2D eigenvalue weighted by molar-refractivity contribution is 6.35. The van der Waals surface area contributed by atoms with E-state index in [1.807, 2.05) is 7.48 Å². The molecule has 1 aliphatic heterocycles. The summed E-state index contributed by atoms with van der Waals surface area (Å²) in [5.41, 5.74) is 2.84. The maximum atomic E-state index is 5.67. The molecule has 0 N–H and O–H groups in total. The molecule has 0 aromatic carbocycles. The minimum absolute atomic E-state index is 0.459. The third-order valence-electron chi connectivity index (χ3n) is 2.74. The van der Waals surface area contributed by atoms with Crippen LogP contribution in [0.2, 0.25) is 0 Å². The van der Waals surface area contributed by atoms with E-state index in [0.29, 0.717) is 17.8 Å². The third kappa shape index (κ3) is 2.67. The van der Waals surface area contributed by atoms with Crippen molar-refractivity contribution in [2.24, 2.45) is 17.8 Å². The molecule has 0 atom stereocenters. The van der Waals surface area contributed by atoms with Gasteiger partial charge in [0.25, 0.3) is 0 Å². The summed E-state index contributed by atoms with van der Waals surface area (Å²) in [4.78, 5) is 0. The maximum absolute atomic E-state index is 5.67. The van der Waals surface area contributed by atoms with Crippen molar-refractivity contribution in [3.8, 4) is 0 Å². The van der Waals surface area contributed by atoms with Crippen LogP contribution in [0, 0.1) is 17.8 Å². The first-order valence-electron chi connectivity index (χ1n) is 5.89. The summed E-state index contributed by atoms with van der Waals surface area (Å²) in [5, 5.41) is 0. The molecule has 0 fully saturated rings. The van der Waals surface area contributed by atoms with Gasteiger partial charge in [0.15, 0.2) is 0 Å². The van der Waals surface area contributed by atoms with Gasteiger partial charge >= 0.3 is 7.48 Å². The molecule has 83 valence electrons. The Balaban J connectivity index is 3.15. The van der Waals surface area contributed by atoms with Crippen molar-refractivity contribution in [1.82, 2.24) is 0 Å². The molecule has 2 heteroatoms. The van der Waals surface area contributed by atoms with Crippen molar-refractivity contribution in [3.05, 3.63) is 22.9 Å². The third-order valence-corrected chi connectivity index (χ3v) is 2.74. The highest BCUT2D eigenvalue weighted by atomic mass is 16.4. The van der Waals surface area contributed by atoms with Crippen molar-refractivity contribution in [3.63, 3.8) is 0 Å². The van der Waals surface area contributed by atoms with E-state index in [1.54, 1.807) is 0 Å². The van der Waals surface area contributed by atoms with E-state index in [1.165, 1.54) is 11.1 Å². The van der Waals surface area contributed by atoms with Gasteiger partial charge in [0.2, 0.25) is 0 Å². The Kier molecular flexibility index (Phi) is 4.07. The monoisotopic (exact) mass is 205 g/mol. The average Bonchev–Trinajstić information content (AvgIpc) is 2.16.